The molecule has 0 aliphatic rings. The van der Waals surface area contributed by atoms with Gasteiger partial charge in [0, 0.05) is 11.1 Å². The molecule has 0 amide bonds. The summed E-state index contributed by atoms with van der Waals surface area (Å²) in [7, 11) is 0. The molecule has 1 heterocycles. The summed E-state index contributed by atoms with van der Waals surface area (Å²) in [5, 5.41) is 4.99. The van der Waals surface area contributed by atoms with Crippen LogP contribution in [0.15, 0.2) is 22.7 Å². The van der Waals surface area contributed by atoms with Crippen LogP contribution in [0.1, 0.15) is 0 Å². The summed E-state index contributed by atoms with van der Waals surface area (Å²) in [5.41, 5.74) is 0.674. The highest BCUT2D eigenvalue weighted by atomic mass is 35.5. The molecule has 0 fully saturated rings. The molecule has 3 heteroatoms. The number of aromatic nitrogens is 1. The molecule has 0 bridgehead atoms. The largest absolute Gasteiger partial charge is 0.356 e. The van der Waals surface area contributed by atoms with E-state index in [1.807, 2.05) is 6.07 Å². The summed E-state index contributed by atoms with van der Waals surface area (Å²) in [4.78, 5) is 0. The molecule has 2 nitrogen and oxygen atoms in total. The van der Waals surface area contributed by atoms with Crippen LogP contribution in [0.4, 0.5) is 0 Å². The van der Waals surface area contributed by atoms with Crippen molar-refractivity contribution in [1.82, 2.24) is 5.16 Å². The summed E-state index contributed by atoms with van der Waals surface area (Å²) in [6.45, 7) is 0. The Kier molecular flexibility index (Phi) is 1.14. The molecule has 10 heavy (non-hydrogen) atoms. The normalized spacial score (nSPS) is 10.5. The molecule has 1 aromatic carbocycles. The fourth-order valence-corrected chi connectivity index (χ4v) is 0.947. The van der Waals surface area contributed by atoms with Crippen molar-refractivity contribution in [2.75, 3.05) is 0 Å². The average molecular weight is 153 g/mol. The first-order valence-corrected chi connectivity index (χ1v) is 3.17. The Hall–Kier alpha value is -1.02. The Balaban J connectivity index is 2.86. The van der Waals surface area contributed by atoms with Crippen LogP contribution in [-0.2, 0) is 0 Å². The third-order valence-electron chi connectivity index (χ3n) is 1.25. The van der Waals surface area contributed by atoms with Gasteiger partial charge in [0.05, 0.1) is 5.39 Å². The summed E-state index contributed by atoms with van der Waals surface area (Å²) in [6.07, 6.45) is 2.67. The minimum atomic E-state index is 0.651. The molecular formula is C7H3ClNO. The van der Waals surface area contributed by atoms with E-state index in [4.69, 9.17) is 16.1 Å². The fraction of sp³-hybridized carbons (Fsp3) is 0. The van der Waals surface area contributed by atoms with Crippen molar-refractivity contribution in [2.24, 2.45) is 0 Å². The van der Waals surface area contributed by atoms with Crippen LogP contribution in [0.25, 0.3) is 11.0 Å². The van der Waals surface area contributed by atoms with Gasteiger partial charge in [-0.3, -0.25) is 0 Å². The van der Waals surface area contributed by atoms with Crippen molar-refractivity contribution in [3.8, 4) is 0 Å². The van der Waals surface area contributed by atoms with Gasteiger partial charge in [0.15, 0.2) is 5.58 Å². The van der Waals surface area contributed by atoms with Gasteiger partial charge in [-0.25, -0.2) is 0 Å². The minimum Gasteiger partial charge on any atom is -0.356 e. The van der Waals surface area contributed by atoms with E-state index in [0.717, 1.165) is 5.39 Å². The third kappa shape index (κ3) is 0.772. The van der Waals surface area contributed by atoms with Crippen LogP contribution >= 0.6 is 11.6 Å². The van der Waals surface area contributed by atoms with E-state index in [0.29, 0.717) is 10.6 Å². The van der Waals surface area contributed by atoms with Crippen LogP contribution in [0.3, 0.4) is 0 Å². The zero-order valence-electron chi connectivity index (χ0n) is 4.97. The van der Waals surface area contributed by atoms with Gasteiger partial charge < -0.3 is 4.52 Å². The number of hydrogen-bond acceptors (Lipinski definition) is 2. The standard InChI is InChI=1S/C7H3ClNO/c8-6-2-1-5-4-9-10-7(5)3-6/h1-3H. The summed E-state index contributed by atoms with van der Waals surface area (Å²) in [6, 6.07) is 5.30. The number of nitrogens with zero attached hydrogens (tertiary/aromatic N) is 1. The van der Waals surface area contributed by atoms with Crippen LogP contribution in [0.5, 0.6) is 0 Å². The van der Waals surface area contributed by atoms with Gasteiger partial charge in [0.25, 0.3) is 0 Å². The lowest BCUT2D eigenvalue weighted by Gasteiger charge is -1.85. The van der Waals surface area contributed by atoms with Crippen molar-refractivity contribution >= 4 is 22.6 Å². The van der Waals surface area contributed by atoms with Crippen molar-refractivity contribution in [1.29, 1.82) is 0 Å². The highest BCUT2D eigenvalue weighted by Gasteiger charge is 1.97. The maximum atomic E-state index is 5.67. The van der Waals surface area contributed by atoms with E-state index >= 15 is 0 Å². The molecule has 2 aromatic rings. The first kappa shape index (κ1) is 5.74. The van der Waals surface area contributed by atoms with E-state index in [1.54, 1.807) is 12.1 Å². The number of halogens is 1. The Labute approximate surface area is 62.4 Å². The predicted octanol–water partition coefficient (Wildman–Crippen LogP) is 2.28. The Morgan fingerprint density at radius 1 is 1.50 bits per heavy atom. The van der Waals surface area contributed by atoms with Gasteiger partial charge >= 0.3 is 0 Å². The molecule has 1 radical (unpaired) electrons. The predicted molar refractivity (Wildman–Crippen MR) is 37.9 cm³/mol. The molecule has 2 rings (SSSR count). The minimum absolute atomic E-state index is 0.651. The number of rotatable bonds is 0. The summed E-state index contributed by atoms with van der Waals surface area (Å²) in [5.74, 6) is 0. The summed E-state index contributed by atoms with van der Waals surface area (Å²) < 4.78 is 4.81. The Bertz CT molecular complexity index is 355. The van der Waals surface area contributed by atoms with Gasteiger partial charge in [-0.15, -0.1) is 0 Å². The van der Waals surface area contributed by atoms with E-state index in [1.165, 1.54) is 0 Å². The molecule has 0 aliphatic carbocycles. The second-order valence-corrected chi connectivity index (χ2v) is 2.37. The topological polar surface area (TPSA) is 26.0 Å². The van der Waals surface area contributed by atoms with Crippen LogP contribution in [0, 0.1) is 6.20 Å². The van der Waals surface area contributed by atoms with Gasteiger partial charge in [-0.2, -0.15) is 0 Å². The van der Waals surface area contributed by atoms with Gasteiger partial charge in [-0.1, -0.05) is 16.8 Å². The Morgan fingerprint density at radius 3 is 3.30 bits per heavy atom. The number of benzene rings is 1. The maximum Gasteiger partial charge on any atom is 0.169 e. The molecule has 49 valence electrons. The monoisotopic (exact) mass is 152 g/mol. The zero-order chi connectivity index (χ0) is 6.97. The summed E-state index contributed by atoms with van der Waals surface area (Å²) >= 11 is 5.67. The van der Waals surface area contributed by atoms with Gasteiger partial charge in [-0.05, 0) is 12.1 Å². The second kappa shape index (κ2) is 1.99. The molecule has 0 saturated heterocycles. The van der Waals surface area contributed by atoms with E-state index in [2.05, 4.69) is 11.4 Å². The Morgan fingerprint density at radius 2 is 2.40 bits per heavy atom. The molecule has 0 saturated carbocycles. The van der Waals surface area contributed by atoms with Crippen LogP contribution < -0.4 is 0 Å². The zero-order valence-corrected chi connectivity index (χ0v) is 5.72. The third-order valence-corrected chi connectivity index (χ3v) is 1.49. The quantitative estimate of drug-likeness (QED) is 0.579. The molecule has 0 N–H and O–H groups in total. The van der Waals surface area contributed by atoms with E-state index in [9.17, 15) is 0 Å². The fourth-order valence-electron chi connectivity index (χ4n) is 0.785. The van der Waals surface area contributed by atoms with Crippen LogP contribution in [0.2, 0.25) is 5.02 Å². The molecule has 0 aliphatic heterocycles. The molecular weight excluding hydrogens is 150 g/mol. The van der Waals surface area contributed by atoms with Crippen molar-refractivity contribution in [3.63, 3.8) is 0 Å². The maximum absolute atomic E-state index is 5.67. The SMILES string of the molecule is Clc1ccc2[c]noc2c1. The smallest absolute Gasteiger partial charge is 0.169 e. The molecule has 0 spiro atoms. The first-order valence-electron chi connectivity index (χ1n) is 2.79. The number of hydrogen-bond donors (Lipinski definition) is 0. The van der Waals surface area contributed by atoms with Crippen LogP contribution in [-0.4, -0.2) is 5.16 Å². The van der Waals surface area contributed by atoms with Crippen molar-refractivity contribution < 1.29 is 4.52 Å². The highest BCUT2D eigenvalue weighted by molar-refractivity contribution is 6.31. The molecule has 1 aromatic heterocycles. The lowest BCUT2D eigenvalue weighted by molar-refractivity contribution is 0.454. The lowest BCUT2D eigenvalue weighted by Crippen LogP contribution is -1.62. The number of fused-ring (bicyclic) bond motifs is 1. The second-order valence-electron chi connectivity index (χ2n) is 1.93. The molecule has 0 unspecified atom stereocenters. The van der Waals surface area contributed by atoms with E-state index in [-0.39, 0.29) is 0 Å². The lowest BCUT2D eigenvalue weighted by atomic mass is 10.3. The van der Waals surface area contributed by atoms with Crippen molar-refractivity contribution in [3.05, 3.63) is 29.4 Å². The first-order chi connectivity index (χ1) is 4.86. The van der Waals surface area contributed by atoms with E-state index < -0.39 is 0 Å². The van der Waals surface area contributed by atoms with Crippen molar-refractivity contribution in [2.45, 2.75) is 0 Å². The average Bonchev–Trinajstić information content (AvgIpc) is 2.33. The molecule has 0 atom stereocenters. The van der Waals surface area contributed by atoms with Gasteiger partial charge in [0.2, 0.25) is 0 Å². The highest BCUT2D eigenvalue weighted by Crippen LogP contribution is 2.17. The van der Waals surface area contributed by atoms with Gasteiger partial charge in [0.1, 0.15) is 6.20 Å².